The molecule has 1 aromatic carbocycles. The maximum Gasteiger partial charge on any atom is 0.336 e. The van der Waals surface area contributed by atoms with Crippen LogP contribution in [0.2, 0.25) is 5.02 Å². The Balaban J connectivity index is 3.33. The Hall–Kier alpha value is -0.610. The third kappa shape index (κ3) is 2.19. The second-order valence-electron chi connectivity index (χ2n) is 2.36. The minimum Gasteiger partial charge on any atom is -0.478 e. The van der Waals surface area contributed by atoms with Gasteiger partial charge in [0.15, 0.2) is 0 Å². The molecule has 0 saturated heterocycles. The summed E-state index contributed by atoms with van der Waals surface area (Å²) in [5.41, 5.74) is 0.387. The van der Waals surface area contributed by atoms with Crippen molar-refractivity contribution < 1.29 is 14.3 Å². The molecule has 0 spiro atoms. The van der Waals surface area contributed by atoms with Crippen LogP contribution in [0.1, 0.15) is 15.9 Å². The van der Waals surface area contributed by atoms with E-state index in [2.05, 4.69) is 15.9 Å². The molecule has 2 nitrogen and oxygen atoms in total. The van der Waals surface area contributed by atoms with Crippen LogP contribution in [0.5, 0.6) is 0 Å². The van der Waals surface area contributed by atoms with E-state index in [-0.39, 0.29) is 15.9 Å². The molecule has 0 heterocycles. The average molecular weight is 267 g/mol. The average Bonchev–Trinajstić information content (AvgIpc) is 2.08. The minimum atomic E-state index is -1.11. The molecule has 0 bridgehead atoms. The van der Waals surface area contributed by atoms with Crippen molar-refractivity contribution >= 4 is 33.5 Å². The SMILES string of the molecule is O=C(O)c1cc(Cl)c(F)cc1CBr. The quantitative estimate of drug-likeness (QED) is 0.836. The first-order valence-electron chi connectivity index (χ1n) is 3.33. The predicted octanol–water partition coefficient (Wildman–Crippen LogP) is 3.07. The van der Waals surface area contributed by atoms with Crippen molar-refractivity contribution in [3.63, 3.8) is 0 Å². The van der Waals surface area contributed by atoms with E-state index in [1.54, 1.807) is 0 Å². The highest BCUT2D eigenvalue weighted by Gasteiger charge is 2.12. The third-order valence-electron chi connectivity index (χ3n) is 1.52. The van der Waals surface area contributed by atoms with Gasteiger partial charge in [-0.1, -0.05) is 27.5 Å². The Morgan fingerprint density at radius 2 is 2.23 bits per heavy atom. The number of hydrogen-bond donors (Lipinski definition) is 1. The van der Waals surface area contributed by atoms with Crippen LogP contribution in [0.4, 0.5) is 4.39 Å². The molecule has 1 N–H and O–H groups in total. The van der Waals surface area contributed by atoms with E-state index in [0.29, 0.717) is 5.56 Å². The predicted molar refractivity (Wildman–Crippen MR) is 51.0 cm³/mol. The zero-order valence-corrected chi connectivity index (χ0v) is 8.69. The first-order chi connectivity index (χ1) is 6.06. The van der Waals surface area contributed by atoms with Crippen LogP contribution < -0.4 is 0 Å². The van der Waals surface area contributed by atoms with Gasteiger partial charge in [-0.3, -0.25) is 0 Å². The Morgan fingerprint density at radius 3 is 2.69 bits per heavy atom. The van der Waals surface area contributed by atoms with Crippen molar-refractivity contribution in [2.45, 2.75) is 5.33 Å². The van der Waals surface area contributed by atoms with E-state index in [1.165, 1.54) is 0 Å². The molecule has 0 amide bonds. The molecule has 1 aromatic rings. The first-order valence-corrected chi connectivity index (χ1v) is 4.83. The van der Waals surface area contributed by atoms with Crippen LogP contribution in [0, 0.1) is 5.82 Å². The Labute approximate surface area is 87.5 Å². The topological polar surface area (TPSA) is 37.3 Å². The van der Waals surface area contributed by atoms with Gasteiger partial charge in [0, 0.05) is 5.33 Å². The van der Waals surface area contributed by atoms with Crippen molar-refractivity contribution in [3.05, 3.63) is 34.1 Å². The summed E-state index contributed by atoms with van der Waals surface area (Å²) in [6.45, 7) is 0. The summed E-state index contributed by atoms with van der Waals surface area (Å²) in [5, 5.41) is 8.81. The number of aromatic carboxylic acids is 1. The van der Waals surface area contributed by atoms with Crippen molar-refractivity contribution in [2.75, 3.05) is 0 Å². The highest BCUT2D eigenvalue weighted by molar-refractivity contribution is 9.08. The molecule has 13 heavy (non-hydrogen) atoms. The number of rotatable bonds is 2. The molecule has 5 heteroatoms. The van der Waals surface area contributed by atoms with E-state index >= 15 is 0 Å². The van der Waals surface area contributed by atoms with Gasteiger partial charge >= 0.3 is 5.97 Å². The van der Waals surface area contributed by atoms with Gasteiger partial charge in [-0.05, 0) is 17.7 Å². The van der Waals surface area contributed by atoms with Gasteiger partial charge in [0.05, 0.1) is 10.6 Å². The lowest BCUT2D eigenvalue weighted by molar-refractivity contribution is 0.0696. The van der Waals surface area contributed by atoms with Crippen LogP contribution in [0.25, 0.3) is 0 Å². The second-order valence-corrected chi connectivity index (χ2v) is 3.33. The molecule has 0 aliphatic rings. The fourth-order valence-electron chi connectivity index (χ4n) is 0.898. The van der Waals surface area contributed by atoms with Crippen molar-refractivity contribution in [3.8, 4) is 0 Å². The first kappa shape index (κ1) is 10.5. The van der Waals surface area contributed by atoms with E-state index in [9.17, 15) is 9.18 Å². The zero-order chi connectivity index (χ0) is 10.0. The van der Waals surface area contributed by atoms with Crippen molar-refractivity contribution in [1.29, 1.82) is 0 Å². The number of halogens is 3. The van der Waals surface area contributed by atoms with Gasteiger partial charge in [0.1, 0.15) is 5.82 Å². The summed E-state index contributed by atoms with van der Waals surface area (Å²) in [5.74, 6) is -1.72. The summed E-state index contributed by atoms with van der Waals surface area (Å²) < 4.78 is 12.9. The van der Waals surface area contributed by atoms with Crippen LogP contribution in [0.3, 0.4) is 0 Å². The zero-order valence-electron chi connectivity index (χ0n) is 6.35. The largest absolute Gasteiger partial charge is 0.478 e. The molecular formula is C8H5BrClFO2. The standard InChI is InChI=1S/C8H5BrClFO2/c9-3-4-1-7(11)6(10)2-5(4)8(12)13/h1-2H,3H2,(H,12,13). The molecule has 70 valence electrons. The fourth-order valence-corrected chi connectivity index (χ4v) is 1.53. The number of hydrogen-bond acceptors (Lipinski definition) is 1. The normalized spacial score (nSPS) is 10.1. The lowest BCUT2D eigenvalue weighted by Gasteiger charge is -2.03. The summed E-state index contributed by atoms with van der Waals surface area (Å²) in [7, 11) is 0. The number of benzene rings is 1. The van der Waals surface area contributed by atoms with Gasteiger partial charge in [-0.15, -0.1) is 0 Å². The van der Waals surface area contributed by atoms with Crippen molar-refractivity contribution in [2.24, 2.45) is 0 Å². The molecule has 0 radical (unpaired) electrons. The van der Waals surface area contributed by atoms with Crippen LogP contribution in [-0.4, -0.2) is 11.1 Å². The Bertz CT molecular complexity index is 354. The molecule has 0 aliphatic heterocycles. The van der Waals surface area contributed by atoms with Crippen LogP contribution >= 0.6 is 27.5 Å². The lowest BCUT2D eigenvalue weighted by atomic mass is 10.1. The number of alkyl halides is 1. The summed E-state index contributed by atoms with van der Waals surface area (Å²) in [4.78, 5) is 10.6. The molecule has 0 unspecified atom stereocenters. The van der Waals surface area contributed by atoms with Gasteiger partial charge in [0.2, 0.25) is 0 Å². The summed E-state index contributed by atoms with van der Waals surface area (Å²) >= 11 is 8.50. The maximum absolute atomic E-state index is 12.9. The number of carboxylic acids is 1. The summed E-state index contributed by atoms with van der Waals surface area (Å²) in [6, 6.07) is 2.22. The second kappa shape index (κ2) is 4.07. The highest BCUT2D eigenvalue weighted by Crippen LogP contribution is 2.22. The van der Waals surface area contributed by atoms with Crippen molar-refractivity contribution in [1.82, 2.24) is 0 Å². The molecule has 0 atom stereocenters. The van der Waals surface area contributed by atoms with Crippen LogP contribution in [-0.2, 0) is 5.33 Å². The molecule has 0 aromatic heterocycles. The number of carboxylic acid groups (broad SMARTS) is 1. The van der Waals surface area contributed by atoms with E-state index in [4.69, 9.17) is 16.7 Å². The monoisotopic (exact) mass is 266 g/mol. The van der Waals surface area contributed by atoms with Gasteiger partial charge in [0.25, 0.3) is 0 Å². The Morgan fingerprint density at radius 1 is 1.62 bits per heavy atom. The molecular weight excluding hydrogens is 262 g/mol. The number of carbonyl (C=O) groups is 1. The summed E-state index contributed by atoms with van der Waals surface area (Å²) in [6.07, 6.45) is 0. The molecule has 0 fully saturated rings. The van der Waals surface area contributed by atoms with Gasteiger partial charge in [-0.2, -0.15) is 0 Å². The molecule has 0 saturated carbocycles. The third-order valence-corrected chi connectivity index (χ3v) is 2.41. The molecule has 0 aliphatic carbocycles. The van der Waals surface area contributed by atoms with E-state index in [0.717, 1.165) is 12.1 Å². The Kier molecular flexibility index (Phi) is 3.27. The highest BCUT2D eigenvalue weighted by atomic mass is 79.9. The van der Waals surface area contributed by atoms with Gasteiger partial charge < -0.3 is 5.11 Å². The van der Waals surface area contributed by atoms with Crippen LogP contribution in [0.15, 0.2) is 12.1 Å². The minimum absolute atomic E-state index is 0.0169. The van der Waals surface area contributed by atoms with E-state index < -0.39 is 11.8 Å². The lowest BCUT2D eigenvalue weighted by Crippen LogP contribution is -2.02. The van der Waals surface area contributed by atoms with Gasteiger partial charge in [-0.25, -0.2) is 9.18 Å². The fraction of sp³-hybridized carbons (Fsp3) is 0.125. The maximum atomic E-state index is 12.9. The van der Waals surface area contributed by atoms with E-state index in [1.807, 2.05) is 0 Å². The molecule has 1 rings (SSSR count). The smallest absolute Gasteiger partial charge is 0.336 e.